The van der Waals surface area contributed by atoms with Crippen molar-refractivity contribution in [1.29, 1.82) is 0 Å². The first-order valence-electron chi connectivity index (χ1n) is 10.7. The Labute approximate surface area is 190 Å². The largest absolute Gasteiger partial charge is 0.495 e. The zero-order valence-electron chi connectivity index (χ0n) is 19.5. The van der Waals surface area contributed by atoms with Gasteiger partial charge in [-0.25, -0.2) is 0 Å². The molecule has 2 aromatic rings. The number of methoxy groups -OCH3 is 1. The molecule has 0 radical (unpaired) electrons. The van der Waals surface area contributed by atoms with Crippen molar-refractivity contribution in [2.75, 3.05) is 32.2 Å². The maximum atomic E-state index is 12.3. The van der Waals surface area contributed by atoms with Crippen LogP contribution in [0.15, 0.2) is 42.5 Å². The molecular weight excluding hydrogens is 410 g/mol. The Morgan fingerprint density at radius 1 is 0.969 bits per heavy atom. The number of amides is 1. The van der Waals surface area contributed by atoms with Crippen molar-refractivity contribution in [3.63, 3.8) is 0 Å². The van der Waals surface area contributed by atoms with Crippen LogP contribution in [0, 0.1) is 0 Å². The summed E-state index contributed by atoms with van der Waals surface area (Å²) >= 11 is 0. The molecule has 0 aliphatic rings. The van der Waals surface area contributed by atoms with E-state index in [1.807, 2.05) is 49.4 Å². The van der Waals surface area contributed by atoms with Crippen molar-refractivity contribution in [3.8, 4) is 17.2 Å². The number of nitrogens with one attached hydrogen (secondary N) is 1. The van der Waals surface area contributed by atoms with Gasteiger partial charge in [0.1, 0.15) is 5.75 Å². The summed E-state index contributed by atoms with van der Waals surface area (Å²) < 4.78 is 21.6. The molecule has 0 spiro atoms. The van der Waals surface area contributed by atoms with Gasteiger partial charge in [0.2, 0.25) is 0 Å². The van der Waals surface area contributed by atoms with Crippen molar-refractivity contribution >= 4 is 17.6 Å². The second kappa shape index (κ2) is 12.0. The predicted molar refractivity (Wildman–Crippen MR) is 124 cm³/mol. The first-order chi connectivity index (χ1) is 15.2. The van der Waals surface area contributed by atoms with Gasteiger partial charge in [-0.3, -0.25) is 9.59 Å². The topological polar surface area (TPSA) is 83.1 Å². The molecule has 0 aliphatic carbocycles. The van der Waals surface area contributed by atoms with Gasteiger partial charge in [0, 0.05) is 6.42 Å². The zero-order chi connectivity index (χ0) is 23.6. The smallest absolute Gasteiger partial charge is 0.306 e. The molecule has 0 saturated carbocycles. The van der Waals surface area contributed by atoms with Crippen LogP contribution in [-0.2, 0) is 19.7 Å². The van der Waals surface area contributed by atoms with Gasteiger partial charge in [0.15, 0.2) is 18.1 Å². The van der Waals surface area contributed by atoms with Crippen molar-refractivity contribution in [3.05, 3.63) is 48.0 Å². The molecule has 2 rings (SSSR count). The number of esters is 1. The van der Waals surface area contributed by atoms with E-state index < -0.39 is 11.9 Å². The van der Waals surface area contributed by atoms with Gasteiger partial charge in [-0.15, -0.1) is 0 Å². The highest BCUT2D eigenvalue weighted by atomic mass is 16.5. The van der Waals surface area contributed by atoms with Crippen LogP contribution >= 0.6 is 0 Å². The van der Waals surface area contributed by atoms with Crippen LogP contribution in [0.25, 0.3) is 0 Å². The number of anilines is 1. The molecule has 7 nitrogen and oxygen atoms in total. The van der Waals surface area contributed by atoms with E-state index in [-0.39, 0.29) is 18.4 Å². The van der Waals surface area contributed by atoms with Crippen molar-refractivity contribution in [2.45, 2.75) is 46.0 Å². The number of rotatable bonds is 11. The van der Waals surface area contributed by atoms with E-state index in [2.05, 4.69) is 26.1 Å². The Kier molecular flexibility index (Phi) is 9.38. The fraction of sp³-hybridized carbons (Fsp3) is 0.440. The molecule has 1 amide bonds. The summed E-state index contributed by atoms with van der Waals surface area (Å²) in [6.45, 7) is 8.67. The maximum absolute atomic E-state index is 12.3. The molecule has 0 aromatic heterocycles. The lowest BCUT2D eigenvalue weighted by molar-refractivity contribution is -0.147. The van der Waals surface area contributed by atoms with E-state index in [0.29, 0.717) is 42.6 Å². The summed E-state index contributed by atoms with van der Waals surface area (Å²) in [6.07, 6.45) is 0.606. The van der Waals surface area contributed by atoms with Gasteiger partial charge in [-0.2, -0.15) is 0 Å². The maximum Gasteiger partial charge on any atom is 0.306 e. The average Bonchev–Trinajstić information content (AvgIpc) is 2.76. The number of benzene rings is 2. The molecule has 2 aromatic carbocycles. The quantitative estimate of drug-likeness (QED) is 0.399. The van der Waals surface area contributed by atoms with E-state index in [4.69, 9.17) is 18.9 Å². The highest BCUT2D eigenvalue weighted by Gasteiger charge is 2.17. The summed E-state index contributed by atoms with van der Waals surface area (Å²) in [4.78, 5) is 24.3. The van der Waals surface area contributed by atoms with Crippen LogP contribution in [0.1, 0.15) is 46.1 Å². The first kappa shape index (κ1) is 25.0. The number of hydrogen-bond acceptors (Lipinski definition) is 6. The molecule has 7 heteroatoms. The van der Waals surface area contributed by atoms with Gasteiger partial charge in [0.05, 0.1) is 26.0 Å². The van der Waals surface area contributed by atoms with Crippen LogP contribution < -0.4 is 19.5 Å². The molecule has 32 heavy (non-hydrogen) atoms. The Hall–Kier alpha value is -3.22. The fourth-order valence-corrected chi connectivity index (χ4v) is 2.92. The molecule has 0 atom stereocenters. The van der Waals surface area contributed by atoms with Crippen LogP contribution in [0.4, 0.5) is 5.69 Å². The Bertz CT molecular complexity index is 904. The van der Waals surface area contributed by atoms with Crippen molar-refractivity contribution in [2.24, 2.45) is 0 Å². The van der Waals surface area contributed by atoms with Gasteiger partial charge in [-0.1, -0.05) is 39.0 Å². The molecule has 0 heterocycles. The lowest BCUT2D eigenvalue weighted by Crippen LogP contribution is -2.22. The minimum atomic E-state index is -0.461. The van der Waals surface area contributed by atoms with Gasteiger partial charge >= 0.3 is 5.97 Å². The lowest BCUT2D eigenvalue weighted by atomic mass is 9.87. The first-order valence-corrected chi connectivity index (χ1v) is 10.7. The van der Waals surface area contributed by atoms with Crippen LogP contribution in [-0.4, -0.2) is 38.8 Å². The number of carbonyl (C=O) groups is 2. The Morgan fingerprint density at radius 3 is 2.28 bits per heavy atom. The molecule has 0 unspecified atom stereocenters. The van der Waals surface area contributed by atoms with Crippen molar-refractivity contribution < 1.29 is 28.5 Å². The van der Waals surface area contributed by atoms with E-state index in [1.54, 1.807) is 0 Å². The third kappa shape index (κ3) is 7.80. The summed E-state index contributed by atoms with van der Waals surface area (Å²) in [5, 5.41) is 2.76. The molecule has 0 saturated heterocycles. The normalized spacial score (nSPS) is 10.9. The third-order valence-electron chi connectivity index (χ3n) is 4.64. The predicted octanol–water partition coefficient (Wildman–Crippen LogP) is 4.73. The fourth-order valence-electron chi connectivity index (χ4n) is 2.92. The summed E-state index contributed by atoms with van der Waals surface area (Å²) in [5.41, 5.74) is 1.52. The van der Waals surface area contributed by atoms with Gasteiger partial charge in [0.25, 0.3) is 5.91 Å². The van der Waals surface area contributed by atoms with Crippen molar-refractivity contribution in [1.82, 2.24) is 0 Å². The standard InChI is InChI=1S/C25H33NO6/c1-6-30-21-10-7-8-11-22(21)31-15-9-12-24(28)32-17-23(27)26-19-16-18(25(2,3)4)13-14-20(19)29-5/h7-8,10-11,13-14,16H,6,9,12,15,17H2,1-5H3,(H,26,27). The number of para-hydroxylation sites is 2. The molecule has 0 aliphatic heterocycles. The number of hydrogen-bond donors (Lipinski definition) is 1. The molecule has 0 fully saturated rings. The summed E-state index contributed by atoms with van der Waals surface area (Å²) in [5.74, 6) is 0.956. The minimum absolute atomic E-state index is 0.0799. The minimum Gasteiger partial charge on any atom is -0.495 e. The van der Waals surface area contributed by atoms with E-state index in [9.17, 15) is 9.59 Å². The highest BCUT2D eigenvalue weighted by molar-refractivity contribution is 5.94. The lowest BCUT2D eigenvalue weighted by Gasteiger charge is -2.21. The monoisotopic (exact) mass is 443 g/mol. The number of carbonyl (C=O) groups excluding carboxylic acids is 2. The van der Waals surface area contributed by atoms with E-state index in [0.717, 1.165) is 5.56 Å². The van der Waals surface area contributed by atoms with E-state index >= 15 is 0 Å². The zero-order valence-corrected chi connectivity index (χ0v) is 19.5. The average molecular weight is 444 g/mol. The Balaban J connectivity index is 1.77. The van der Waals surface area contributed by atoms with Gasteiger partial charge < -0.3 is 24.3 Å². The molecular formula is C25H33NO6. The summed E-state index contributed by atoms with van der Waals surface area (Å²) in [7, 11) is 1.54. The Morgan fingerprint density at radius 2 is 1.66 bits per heavy atom. The van der Waals surface area contributed by atoms with Crippen LogP contribution in [0.2, 0.25) is 0 Å². The van der Waals surface area contributed by atoms with Gasteiger partial charge in [-0.05, 0) is 48.6 Å². The molecule has 1 N–H and O–H groups in total. The second-order valence-corrected chi connectivity index (χ2v) is 8.21. The highest BCUT2D eigenvalue weighted by Crippen LogP contribution is 2.31. The molecule has 0 bridgehead atoms. The second-order valence-electron chi connectivity index (χ2n) is 8.21. The third-order valence-corrected chi connectivity index (χ3v) is 4.64. The summed E-state index contributed by atoms with van der Waals surface area (Å²) in [6, 6.07) is 13.0. The van der Waals surface area contributed by atoms with Crippen LogP contribution in [0.5, 0.6) is 17.2 Å². The van der Waals surface area contributed by atoms with E-state index in [1.165, 1.54) is 7.11 Å². The SMILES string of the molecule is CCOc1ccccc1OCCCC(=O)OCC(=O)Nc1cc(C(C)(C)C)ccc1OC. The molecule has 174 valence electrons. The number of ether oxygens (including phenoxy) is 4. The van der Waals surface area contributed by atoms with Crippen LogP contribution in [0.3, 0.4) is 0 Å².